The fourth-order valence-electron chi connectivity index (χ4n) is 0.902. The van der Waals surface area contributed by atoms with Gasteiger partial charge in [0.15, 0.2) is 0 Å². The van der Waals surface area contributed by atoms with Gasteiger partial charge in [-0.05, 0) is 19.0 Å². The average molecular weight is 195 g/mol. The van der Waals surface area contributed by atoms with Gasteiger partial charge in [-0.15, -0.1) is 0 Å². The van der Waals surface area contributed by atoms with Gasteiger partial charge in [-0.1, -0.05) is 0 Å². The van der Waals surface area contributed by atoms with E-state index in [4.69, 9.17) is 16.2 Å². The standard InChI is InChI=1S/C9H13N3O2/c10-3-1-5-14-8-6-7(9(11)13)2-4-12-8/h2,4,6H,1,3,5,10H2,(H2,11,13). The largest absolute Gasteiger partial charge is 0.478 e. The first-order valence-corrected chi connectivity index (χ1v) is 4.33. The van der Waals surface area contributed by atoms with Crippen LogP contribution in [0.4, 0.5) is 0 Å². The van der Waals surface area contributed by atoms with E-state index in [0.717, 1.165) is 6.42 Å². The van der Waals surface area contributed by atoms with Crippen LogP contribution >= 0.6 is 0 Å². The highest BCUT2D eigenvalue weighted by Crippen LogP contribution is 2.08. The molecule has 5 nitrogen and oxygen atoms in total. The van der Waals surface area contributed by atoms with E-state index in [9.17, 15) is 4.79 Å². The Morgan fingerprint density at radius 1 is 1.57 bits per heavy atom. The molecule has 0 atom stereocenters. The molecule has 4 N–H and O–H groups in total. The molecule has 0 saturated carbocycles. The van der Waals surface area contributed by atoms with Gasteiger partial charge in [0, 0.05) is 17.8 Å². The van der Waals surface area contributed by atoms with Crippen LogP contribution in [0.1, 0.15) is 16.8 Å². The number of amides is 1. The van der Waals surface area contributed by atoms with Gasteiger partial charge in [0.05, 0.1) is 6.61 Å². The zero-order chi connectivity index (χ0) is 10.4. The maximum absolute atomic E-state index is 10.8. The van der Waals surface area contributed by atoms with Crippen LogP contribution in [0.15, 0.2) is 18.3 Å². The van der Waals surface area contributed by atoms with Gasteiger partial charge >= 0.3 is 0 Å². The summed E-state index contributed by atoms with van der Waals surface area (Å²) in [5.74, 6) is -0.0918. The molecule has 1 amide bonds. The van der Waals surface area contributed by atoms with Crippen molar-refractivity contribution in [1.29, 1.82) is 0 Å². The minimum absolute atomic E-state index is 0.391. The van der Waals surface area contributed by atoms with Crippen LogP contribution in [0.3, 0.4) is 0 Å². The molecule has 0 unspecified atom stereocenters. The summed E-state index contributed by atoms with van der Waals surface area (Å²) in [5, 5.41) is 0. The molecular weight excluding hydrogens is 182 g/mol. The van der Waals surface area contributed by atoms with E-state index in [1.807, 2.05) is 0 Å². The van der Waals surface area contributed by atoms with Crippen molar-refractivity contribution in [2.45, 2.75) is 6.42 Å². The Balaban J connectivity index is 2.59. The minimum atomic E-state index is -0.490. The number of ether oxygens (including phenoxy) is 1. The van der Waals surface area contributed by atoms with Crippen molar-refractivity contribution in [1.82, 2.24) is 4.98 Å². The van der Waals surface area contributed by atoms with E-state index in [2.05, 4.69) is 4.98 Å². The highest BCUT2D eigenvalue weighted by Gasteiger charge is 2.02. The average Bonchev–Trinajstić information content (AvgIpc) is 2.19. The Bertz CT molecular complexity index is 315. The third kappa shape index (κ3) is 3.02. The van der Waals surface area contributed by atoms with E-state index < -0.39 is 5.91 Å². The molecule has 0 radical (unpaired) electrons. The molecule has 0 bridgehead atoms. The molecule has 1 aromatic rings. The summed E-state index contributed by atoms with van der Waals surface area (Å²) in [6.45, 7) is 1.06. The van der Waals surface area contributed by atoms with E-state index in [0.29, 0.717) is 24.6 Å². The minimum Gasteiger partial charge on any atom is -0.478 e. The number of nitrogens with zero attached hydrogens (tertiary/aromatic N) is 1. The fourth-order valence-corrected chi connectivity index (χ4v) is 0.902. The van der Waals surface area contributed by atoms with Crippen molar-refractivity contribution in [2.75, 3.05) is 13.2 Å². The number of aromatic nitrogens is 1. The van der Waals surface area contributed by atoms with Crippen LogP contribution in [-0.4, -0.2) is 24.0 Å². The third-order valence-electron chi connectivity index (χ3n) is 1.62. The highest BCUT2D eigenvalue weighted by molar-refractivity contribution is 5.92. The summed E-state index contributed by atoms with van der Waals surface area (Å²) in [6, 6.07) is 3.05. The first kappa shape index (κ1) is 10.5. The second-order valence-electron chi connectivity index (χ2n) is 2.74. The van der Waals surface area contributed by atoms with Crippen molar-refractivity contribution < 1.29 is 9.53 Å². The summed E-state index contributed by atoms with van der Waals surface area (Å²) in [5.41, 5.74) is 10.8. The molecule has 0 fully saturated rings. The monoisotopic (exact) mass is 195 g/mol. The van der Waals surface area contributed by atoms with Gasteiger partial charge in [-0.2, -0.15) is 0 Å². The van der Waals surface area contributed by atoms with E-state index in [1.54, 1.807) is 0 Å². The summed E-state index contributed by atoms with van der Waals surface area (Å²) in [6.07, 6.45) is 2.24. The molecule has 0 spiro atoms. The zero-order valence-electron chi connectivity index (χ0n) is 7.77. The maximum Gasteiger partial charge on any atom is 0.248 e. The van der Waals surface area contributed by atoms with Crippen molar-refractivity contribution in [3.63, 3.8) is 0 Å². The Morgan fingerprint density at radius 3 is 3.00 bits per heavy atom. The molecule has 0 saturated heterocycles. The van der Waals surface area contributed by atoms with Crippen molar-refractivity contribution in [2.24, 2.45) is 11.5 Å². The van der Waals surface area contributed by atoms with Gasteiger partial charge in [-0.3, -0.25) is 4.79 Å². The van der Waals surface area contributed by atoms with Crippen molar-refractivity contribution in [3.8, 4) is 5.88 Å². The molecule has 76 valence electrons. The number of nitrogens with two attached hydrogens (primary N) is 2. The molecule has 1 heterocycles. The highest BCUT2D eigenvalue weighted by atomic mass is 16.5. The molecule has 14 heavy (non-hydrogen) atoms. The van der Waals surface area contributed by atoms with Gasteiger partial charge < -0.3 is 16.2 Å². The fraction of sp³-hybridized carbons (Fsp3) is 0.333. The quantitative estimate of drug-likeness (QED) is 0.642. The van der Waals surface area contributed by atoms with Crippen LogP contribution in [0.5, 0.6) is 5.88 Å². The lowest BCUT2D eigenvalue weighted by molar-refractivity contribution is 0.0999. The molecule has 0 aromatic carbocycles. The lowest BCUT2D eigenvalue weighted by Crippen LogP contribution is -2.12. The number of rotatable bonds is 5. The summed E-state index contributed by atoms with van der Waals surface area (Å²) in [7, 11) is 0. The van der Waals surface area contributed by atoms with Crippen molar-refractivity contribution >= 4 is 5.91 Å². The second kappa shape index (κ2) is 5.18. The lowest BCUT2D eigenvalue weighted by atomic mass is 10.2. The predicted molar refractivity (Wildman–Crippen MR) is 51.9 cm³/mol. The number of pyridine rings is 1. The molecule has 5 heteroatoms. The first-order chi connectivity index (χ1) is 6.74. The number of carbonyl (C=O) groups is 1. The summed E-state index contributed by atoms with van der Waals surface area (Å²) in [4.78, 5) is 14.7. The Morgan fingerprint density at radius 2 is 2.36 bits per heavy atom. The van der Waals surface area contributed by atoms with Crippen LogP contribution in [-0.2, 0) is 0 Å². The predicted octanol–water partition coefficient (Wildman–Crippen LogP) is -0.0919. The Hall–Kier alpha value is -1.62. The normalized spacial score (nSPS) is 9.79. The molecule has 1 rings (SSSR count). The SMILES string of the molecule is NCCCOc1cc(C(N)=O)ccn1. The summed E-state index contributed by atoms with van der Waals surface area (Å²) >= 11 is 0. The number of primary amides is 1. The third-order valence-corrected chi connectivity index (χ3v) is 1.62. The zero-order valence-corrected chi connectivity index (χ0v) is 7.77. The lowest BCUT2D eigenvalue weighted by Gasteiger charge is -2.04. The van der Waals surface area contributed by atoms with Gasteiger partial charge in [-0.25, -0.2) is 4.98 Å². The molecule has 0 aliphatic carbocycles. The number of carbonyl (C=O) groups excluding carboxylic acids is 1. The summed E-state index contributed by atoms with van der Waals surface area (Å²) < 4.78 is 5.24. The second-order valence-corrected chi connectivity index (χ2v) is 2.74. The molecule has 0 aliphatic rings. The van der Waals surface area contributed by atoms with E-state index in [1.165, 1.54) is 18.3 Å². The van der Waals surface area contributed by atoms with Crippen LogP contribution in [0.25, 0.3) is 0 Å². The van der Waals surface area contributed by atoms with Crippen LogP contribution in [0.2, 0.25) is 0 Å². The molecule has 1 aromatic heterocycles. The smallest absolute Gasteiger partial charge is 0.248 e. The number of hydrogen-bond acceptors (Lipinski definition) is 4. The van der Waals surface area contributed by atoms with Gasteiger partial charge in [0.2, 0.25) is 11.8 Å². The van der Waals surface area contributed by atoms with E-state index in [-0.39, 0.29) is 0 Å². The topological polar surface area (TPSA) is 91.2 Å². The molecular formula is C9H13N3O2. The Labute approximate surface area is 82.1 Å². The first-order valence-electron chi connectivity index (χ1n) is 4.33. The molecule has 0 aliphatic heterocycles. The number of hydrogen-bond donors (Lipinski definition) is 2. The van der Waals surface area contributed by atoms with Crippen LogP contribution in [0, 0.1) is 0 Å². The van der Waals surface area contributed by atoms with Gasteiger partial charge in [0.1, 0.15) is 0 Å². The van der Waals surface area contributed by atoms with Gasteiger partial charge in [0.25, 0.3) is 0 Å². The van der Waals surface area contributed by atoms with Crippen LogP contribution < -0.4 is 16.2 Å². The maximum atomic E-state index is 10.8. The van der Waals surface area contributed by atoms with Crippen molar-refractivity contribution in [3.05, 3.63) is 23.9 Å². The Kier molecular flexibility index (Phi) is 3.87. The van der Waals surface area contributed by atoms with E-state index >= 15 is 0 Å².